The largest absolute Gasteiger partial charge is 0.405 e. The molecule has 0 saturated carbocycles. The quantitative estimate of drug-likeness (QED) is 0.0731. The van der Waals surface area contributed by atoms with Gasteiger partial charge in [0.15, 0.2) is 19.7 Å². The maximum atomic E-state index is 12.6. The number of sulfone groups is 2. The van der Waals surface area contributed by atoms with Crippen LogP contribution in [0.3, 0.4) is 0 Å². The Labute approximate surface area is 211 Å². The summed E-state index contributed by atoms with van der Waals surface area (Å²) in [5.74, 6) is -1.92. The third-order valence-corrected chi connectivity index (χ3v) is 6.92. The van der Waals surface area contributed by atoms with Crippen molar-refractivity contribution in [3.05, 3.63) is 61.5 Å². The second-order valence-electron chi connectivity index (χ2n) is 6.56. The van der Waals surface area contributed by atoms with Gasteiger partial charge in [0.05, 0.1) is 30.2 Å². The number of amides is 2. The van der Waals surface area contributed by atoms with Gasteiger partial charge in [-0.2, -0.15) is 4.33 Å². The van der Waals surface area contributed by atoms with Gasteiger partial charge in [-0.3, -0.25) is 9.59 Å². The summed E-state index contributed by atoms with van der Waals surface area (Å²) in [6.45, 7) is 18.9. The minimum absolute atomic E-state index is 0.0878. The summed E-state index contributed by atoms with van der Waals surface area (Å²) in [7, 11) is -7.19. The Hall–Kier alpha value is -2.43. The van der Waals surface area contributed by atoms with E-state index in [1.54, 1.807) is 0 Å². The van der Waals surface area contributed by atoms with Gasteiger partial charge >= 0.3 is 0 Å². The van der Waals surface area contributed by atoms with Gasteiger partial charge in [-0.25, -0.2) is 21.7 Å². The molecule has 0 aliphatic carbocycles. The van der Waals surface area contributed by atoms with Crippen molar-refractivity contribution in [3.8, 4) is 0 Å². The third-order valence-electron chi connectivity index (χ3n) is 4.05. The fourth-order valence-corrected chi connectivity index (χ4v) is 3.80. The minimum Gasteiger partial charge on any atom is -0.405 e. The number of hydrogen-bond acceptors (Lipinski definition) is 11. The van der Waals surface area contributed by atoms with E-state index in [-0.39, 0.29) is 45.2 Å². The van der Waals surface area contributed by atoms with Crippen LogP contribution in [0.5, 0.6) is 0 Å². The van der Waals surface area contributed by atoms with Crippen molar-refractivity contribution in [1.82, 2.24) is 14.9 Å². The van der Waals surface area contributed by atoms with Gasteiger partial charge in [0, 0.05) is 23.7 Å². The molecular formula is C20H31N3O9S3. The molecule has 15 heteroatoms. The van der Waals surface area contributed by atoms with Crippen molar-refractivity contribution in [3.63, 3.8) is 0 Å². The molecule has 2 amide bonds. The molecule has 1 heterocycles. The highest BCUT2D eigenvalue weighted by atomic mass is 32.2. The first-order chi connectivity index (χ1) is 16.4. The van der Waals surface area contributed by atoms with E-state index in [0.717, 1.165) is 22.9 Å². The number of hydrogen-bond donors (Lipinski definition) is 0. The lowest BCUT2D eigenvalue weighted by atomic mass is 10.3. The van der Waals surface area contributed by atoms with Crippen LogP contribution in [-0.2, 0) is 43.3 Å². The van der Waals surface area contributed by atoms with Gasteiger partial charge in [-0.1, -0.05) is 26.3 Å². The summed E-state index contributed by atoms with van der Waals surface area (Å²) < 4.78 is 51.2. The topological polar surface area (TPSA) is 140 Å². The molecule has 0 bridgehead atoms. The molecule has 0 aromatic rings. The molecule has 0 unspecified atom stereocenters. The summed E-state index contributed by atoms with van der Waals surface area (Å²) in [6, 6.07) is 0. The van der Waals surface area contributed by atoms with Crippen molar-refractivity contribution in [1.29, 1.82) is 0 Å². The number of hydroxylamine groups is 2. The Morgan fingerprint density at radius 2 is 1.31 bits per heavy atom. The molecule has 1 rings (SSSR count). The van der Waals surface area contributed by atoms with E-state index in [2.05, 4.69) is 39.5 Å². The first-order valence-electron chi connectivity index (χ1n) is 9.85. The second kappa shape index (κ2) is 16.3. The summed E-state index contributed by atoms with van der Waals surface area (Å²) in [6.07, 6.45) is -0.683. The number of nitrogens with zero attached hydrogens (tertiary/aromatic N) is 3. The van der Waals surface area contributed by atoms with Gasteiger partial charge in [0.25, 0.3) is 0 Å². The molecule has 1 saturated heterocycles. The summed E-state index contributed by atoms with van der Waals surface area (Å²) in [5, 5.41) is 4.13. The molecule has 0 radical (unpaired) electrons. The summed E-state index contributed by atoms with van der Waals surface area (Å²) >= 11 is 0.837. The molecule has 0 aromatic carbocycles. The van der Waals surface area contributed by atoms with Crippen LogP contribution in [0, 0.1) is 0 Å². The average molecular weight is 554 g/mol. The maximum Gasteiger partial charge on any atom is 0.226 e. The van der Waals surface area contributed by atoms with Crippen LogP contribution < -0.4 is 0 Å². The molecule has 1 aliphatic heterocycles. The van der Waals surface area contributed by atoms with Gasteiger partial charge in [-0.05, 0) is 5.41 Å². The molecule has 1 fully saturated rings. The molecule has 1 aliphatic rings. The molecule has 0 atom stereocenters. The minimum atomic E-state index is -3.60. The van der Waals surface area contributed by atoms with E-state index in [0.29, 0.717) is 0 Å². The zero-order chi connectivity index (χ0) is 27.1. The van der Waals surface area contributed by atoms with Crippen LogP contribution in [0.1, 0.15) is 12.8 Å². The SMILES string of the molecule is C=C.C=CSOOCC(=C)ON1CN(C(=O)CCS(=O)(=O)C=C)CN(C(=O)CCS(=O)(=O)C=C)C1. The molecule has 35 heavy (non-hydrogen) atoms. The molecule has 0 N–H and O–H groups in total. The lowest BCUT2D eigenvalue weighted by Gasteiger charge is -2.41. The standard InChI is InChI=1S/C18H27N3O9S3.C2H4/c1-5-31-30-28-12-16(4)29-21-14-19(17(22)8-10-32(24,25)6-2)13-20(15-21)18(23)9-11-33(26,27)7-3;1-2/h5-7H,1-4,8-15H2;1-2H2. The number of carbonyl (C=O) groups excluding carboxylic acids is 2. The first kappa shape index (κ1) is 32.6. The molecule has 0 spiro atoms. The highest BCUT2D eigenvalue weighted by Crippen LogP contribution is 2.15. The third kappa shape index (κ3) is 13.3. The normalized spacial score (nSPS) is 14.3. The highest BCUT2D eigenvalue weighted by molar-refractivity contribution is 7.97. The first-order valence-corrected chi connectivity index (χ1v) is 14.1. The van der Waals surface area contributed by atoms with Crippen molar-refractivity contribution < 1.29 is 40.5 Å². The van der Waals surface area contributed by atoms with E-state index in [1.807, 2.05) is 0 Å². The smallest absolute Gasteiger partial charge is 0.226 e. The van der Waals surface area contributed by atoms with Crippen LogP contribution in [-0.4, -0.2) is 81.6 Å². The van der Waals surface area contributed by atoms with E-state index < -0.39 is 43.0 Å². The fourth-order valence-electron chi connectivity index (χ4n) is 2.39. The van der Waals surface area contributed by atoms with E-state index in [1.165, 1.54) is 20.3 Å². The monoisotopic (exact) mass is 553 g/mol. The summed E-state index contributed by atoms with van der Waals surface area (Å²) in [4.78, 5) is 37.9. The highest BCUT2D eigenvalue weighted by Gasteiger charge is 2.31. The average Bonchev–Trinajstić information content (AvgIpc) is 2.84. The van der Waals surface area contributed by atoms with Gasteiger partial charge in [0.1, 0.15) is 25.7 Å². The Kier molecular flexibility index (Phi) is 15.1. The van der Waals surface area contributed by atoms with Crippen LogP contribution in [0.15, 0.2) is 61.5 Å². The predicted molar refractivity (Wildman–Crippen MR) is 134 cm³/mol. The van der Waals surface area contributed by atoms with Crippen LogP contribution in [0.4, 0.5) is 0 Å². The Morgan fingerprint density at radius 3 is 1.71 bits per heavy atom. The van der Waals surface area contributed by atoms with Crippen molar-refractivity contribution >= 4 is 43.5 Å². The lowest BCUT2D eigenvalue weighted by Crippen LogP contribution is -2.58. The summed E-state index contributed by atoms with van der Waals surface area (Å²) in [5.41, 5.74) is 0. The van der Waals surface area contributed by atoms with E-state index in [4.69, 9.17) is 14.1 Å². The van der Waals surface area contributed by atoms with Gasteiger partial charge in [-0.15, -0.1) is 18.2 Å². The zero-order valence-corrected chi connectivity index (χ0v) is 21.8. The van der Waals surface area contributed by atoms with Crippen LogP contribution in [0.2, 0.25) is 0 Å². The fraction of sp³-hybridized carbons (Fsp3) is 0.400. The number of rotatable bonds is 15. The van der Waals surface area contributed by atoms with Gasteiger partial charge in [0.2, 0.25) is 11.8 Å². The van der Waals surface area contributed by atoms with Crippen molar-refractivity contribution in [2.75, 3.05) is 38.1 Å². The molecular weight excluding hydrogens is 522 g/mol. The Balaban J connectivity index is 0.00000562. The number of carbonyl (C=O) groups is 2. The Morgan fingerprint density at radius 1 is 0.857 bits per heavy atom. The Bertz CT molecular complexity index is 919. The maximum absolute atomic E-state index is 12.6. The molecule has 198 valence electrons. The van der Waals surface area contributed by atoms with E-state index >= 15 is 0 Å². The van der Waals surface area contributed by atoms with Crippen molar-refractivity contribution in [2.45, 2.75) is 12.8 Å². The lowest BCUT2D eigenvalue weighted by molar-refractivity contribution is -0.235. The molecule has 12 nitrogen and oxygen atoms in total. The second-order valence-corrected chi connectivity index (χ2v) is 11.4. The van der Waals surface area contributed by atoms with Crippen molar-refractivity contribution in [2.24, 2.45) is 0 Å². The molecule has 0 aromatic heterocycles. The van der Waals surface area contributed by atoms with Crippen LogP contribution in [0.25, 0.3) is 0 Å². The van der Waals surface area contributed by atoms with Crippen LogP contribution >= 0.6 is 12.0 Å². The zero-order valence-electron chi connectivity index (χ0n) is 19.4. The van der Waals surface area contributed by atoms with E-state index in [9.17, 15) is 26.4 Å². The van der Waals surface area contributed by atoms with Gasteiger partial charge < -0.3 is 14.6 Å². The predicted octanol–water partition coefficient (Wildman–Crippen LogP) is 1.72.